The van der Waals surface area contributed by atoms with Gasteiger partial charge in [0.25, 0.3) is 0 Å². The van der Waals surface area contributed by atoms with E-state index in [-0.39, 0.29) is 5.78 Å². The number of carbonyl (C=O) groups is 1. The molecule has 0 unspecified atom stereocenters. The lowest BCUT2D eigenvalue weighted by atomic mass is 9.87. The second-order valence-electron chi connectivity index (χ2n) is 6.62. The Morgan fingerprint density at radius 3 is 2.21 bits per heavy atom. The van der Waals surface area contributed by atoms with Gasteiger partial charge in [-0.25, -0.2) is 0 Å². The van der Waals surface area contributed by atoms with Gasteiger partial charge in [-0.15, -0.1) is 0 Å². The molecule has 0 saturated heterocycles. The van der Waals surface area contributed by atoms with Crippen molar-refractivity contribution in [3.8, 4) is 5.75 Å². The first-order valence-electron chi connectivity index (χ1n) is 9.29. The van der Waals surface area contributed by atoms with Crippen LogP contribution in [-0.2, 0) is 0 Å². The maximum absolute atomic E-state index is 13.7. The highest BCUT2D eigenvalue weighted by Crippen LogP contribution is 2.37. The SMILES string of the molecule is COc1ccccc1[C@H]1NC(=S)NC(c2ccccc2)=C1C(=O)c1ccccc1. The average molecular weight is 401 g/mol. The van der Waals surface area contributed by atoms with Gasteiger partial charge in [-0.1, -0.05) is 78.9 Å². The Balaban J connectivity index is 1.96. The molecule has 1 atom stereocenters. The molecule has 0 aliphatic carbocycles. The van der Waals surface area contributed by atoms with Crippen LogP contribution in [0, 0.1) is 0 Å². The van der Waals surface area contributed by atoms with Gasteiger partial charge in [0.05, 0.1) is 24.4 Å². The van der Waals surface area contributed by atoms with Crippen molar-refractivity contribution in [3.63, 3.8) is 0 Å². The van der Waals surface area contributed by atoms with E-state index in [0.717, 1.165) is 11.1 Å². The largest absolute Gasteiger partial charge is 0.496 e. The summed E-state index contributed by atoms with van der Waals surface area (Å²) in [5, 5.41) is 6.94. The molecule has 0 saturated carbocycles. The molecule has 0 radical (unpaired) electrons. The average Bonchev–Trinajstić information content (AvgIpc) is 2.79. The number of thiocarbonyl (C=S) groups is 1. The number of para-hydroxylation sites is 1. The van der Waals surface area contributed by atoms with E-state index in [1.54, 1.807) is 7.11 Å². The van der Waals surface area contributed by atoms with E-state index in [2.05, 4.69) is 10.6 Å². The quantitative estimate of drug-likeness (QED) is 0.488. The van der Waals surface area contributed by atoms with Crippen LogP contribution >= 0.6 is 12.2 Å². The Morgan fingerprint density at radius 1 is 0.897 bits per heavy atom. The molecule has 3 aromatic rings. The summed E-state index contributed by atoms with van der Waals surface area (Å²) in [7, 11) is 1.62. The van der Waals surface area contributed by atoms with Gasteiger partial charge in [-0.2, -0.15) is 0 Å². The number of carbonyl (C=O) groups excluding carboxylic acids is 1. The summed E-state index contributed by atoms with van der Waals surface area (Å²) in [4.78, 5) is 13.7. The predicted molar refractivity (Wildman–Crippen MR) is 119 cm³/mol. The van der Waals surface area contributed by atoms with E-state index in [1.165, 1.54) is 0 Å². The summed E-state index contributed by atoms with van der Waals surface area (Å²) in [5.74, 6) is 0.628. The number of methoxy groups -OCH3 is 1. The Hall–Kier alpha value is -3.44. The van der Waals surface area contributed by atoms with Crippen molar-refractivity contribution in [1.82, 2.24) is 10.6 Å². The fraction of sp³-hybridized carbons (Fsp3) is 0.0833. The van der Waals surface area contributed by atoms with Crippen LogP contribution in [0.2, 0.25) is 0 Å². The summed E-state index contributed by atoms with van der Waals surface area (Å²) in [6.07, 6.45) is 0. The highest BCUT2D eigenvalue weighted by molar-refractivity contribution is 7.80. The second-order valence-corrected chi connectivity index (χ2v) is 7.03. The fourth-order valence-electron chi connectivity index (χ4n) is 3.52. The van der Waals surface area contributed by atoms with Crippen LogP contribution in [0.1, 0.15) is 27.5 Å². The van der Waals surface area contributed by atoms with E-state index in [1.807, 2.05) is 84.9 Å². The number of Topliss-reactive ketones (excluding diaryl/α,β-unsaturated/α-hetero) is 1. The number of ketones is 1. The third-order valence-electron chi connectivity index (χ3n) is 4.86. The normalized spacial score (nSPS) is 16.0. The Labute approximate surface area is 175 Å². The Kier molecular flexibility index (Phi) is 5.40. The molecule has 144 valence electrons. The number of nitrogens with one attached hydrogen (secondary N) is 2. The number of benzene rings is 3. The van der Waals surface area contributed by atoms with E-state index in [9.17, 15) is 4.79 Å². The monoisotopic (exact) mass is 400 g/mol. The minimum Gasteiger partial charge on any atom is -0.496 e. The van der Waals surface area contributed by atoms with Gasteiger partial charge < -0.3 is 15.4 Å². The molecular weight excluding hydrogens is 380 g/mol. The topological polar surface area (TPSA) is 50.4 Å². The molecular formula is C24H20N2O2S. The Bertz CT molecular complexity index is 1080. The van der Waals surface area contributed by atoms with Crippen molar-refractivity contribution in [2.45, 2.75) is 6.04 Å². The lowest BCUT2D eigenvalue weighted by molar-refractivity contribution is 0.102. The van der Waals surface area contributed by atoms with Crippen LogP contribution < -0.4 is 15.4 Å². The van der Waals surface area contributed by atoms with Gasteiger partial charge in [-0.05, 0) is 23.8 Å². The molecule has 4 nitrogen and oxygen atoms in total. The van der Waals surface area contributed by atoms with Crippen LogP contribution in [-0.4, -0.2) is 18.0 Å². The van der Waals surface area contributed by atoms with Gasteiger partial charge >= 0.3 is 0 Å². The predicted octanol–water partition coefficient (Wildman–Crippen LogP) is 4.51. The lowest BCUT2D eigenvalue weighted by Crippen LogP contribution is -2.45. The van der Waals surface area contributed by atoms with Crippen LogP contribution in [0.3, 0.4) is 0 Å². The van der Waals surface area contributed by atoms with E-state index in [0.29, 0.717) is 27.7 Å². The van der Waals surface area contributed by atoms with E-state index in [4.69, 9.17) is 17.0 Å². The zero-order chi connectivity index (χ0) is 20.2. The van der Waals surface area contributed by atoms with Crippen LogP contribution in [0.5, 0.6) is 5.75 Å². The first-order chi connectivity index (χ1) is 14.2. The molecule has 0 fully saturated rings. The summed E-state index contributed by atoms with van der Waals surface area (Å²) in [6, 6.07) is 26.3. The molecule has 0 amide bonds. The molecule has 0 bridgehead atoms. The van der Waals surface area contributed by atoms with E-state index < -0.39 is 6.04 Å². The molecule has 1 aliphatic rings. The molecule has 0 spiro atoms. The molecule has 1 heterocycles. The number of hydrogen-bond donors (Lipinski definition) is 2. The lowest BCUT2D eigenvalue weighted by Gasteiger charge is -2.32. The van der Waals surface area contributed by atoms with Gasteiger partial charge in [-0.3, -0.25) is 4.79 Å². The van der Waals surface area contributed by atoms with Gasteiger partial charge in [0, 0.05) is 11.1 Å². The van der Waals surface area contributed by atoms with Gasteiger partial charge in [0.15, 0.2) is 10.9 Å². The minimum absolute atomic E-state index is 0.0668. The number of rotatable bonds is 5. The Morgan fingerprint density at radius 2 is 1.52 bits per heavy atom. The fourth-order valence-corrected chi connectivity index (χ4v) is 3.74. The highest BCUT2D eigenvalue weighted by atomic mass is 32.1. The number of hydrogen-bond acceptors (Lipinski definition) is 3. The molecule has 5 heteroatoms. The zero-order valence-electron chi connectivity index (χ0n) is 15.9. The minimum atomic E-state index is -0.442. The van der Waals surface area contributed by atoms with Crippen molar-refractivity contribution < 1.29 is 9.53 Å². The molecule has 29 heavy (non-hydrogen) atoms. The summed E-state index contributed by atoms with van der Waals surface area (Å²) < 4.78 is 5.57. The zero-order valence-corrected chi connectivity index (χ0v) is 16.7. The van der Waals surface area contributed by atoms with Gasteiger partial charge in [0.1, 0.15) is 5.75 Å². The summed E-state index contributed by atoms with van der Waals surface area (Å²) in [6.45, 7) is 0. The molecule has 4 rings (SSSR count). The summed E-state index contributed by atoms with van der Waals surface area (Å²) in [5.41, 5.74) is 3.67. The second kappa shape index (κ2) is 8.29. The maximum atomic E-state index is 13.7. The van der Waals surface area contributed by atoms with Crippen molar-refractivity contribution in [2.75, 3.05) is 7.11 Å². The standard InChI is InChI=1S/C24H20N2O2S/c1-28-19-15-9-8-14-18(19)22-20(23(27)17-12-6-3-7-13-17)21(25-24(29)26-22)16-10-4-2-5-11-16/h2-15,22H,1H3,(H2,25,26,29)/t22-/m1/s1. The molecule has 1 aliphatic heterocycles. The first kappa shape index (κ1) is 18.9. The smallest absolute Gasteiger partial charge is 0.193 e. The summed E-state index contributed by atoms with van der Waals surface area (Å²) >= 11 is 5.49. The van der Waals surface area contributed by atoms with Crippen molar-refractivity contribution in [2.24, 2.45) is 0 Å². The third-order valence-corrected chi connectivity index (χ3v) is 5.08. The van der Waals surface area contributed by atoms with Gasteiger partial charge in [0.2, 0.25) is 0 Å². The van der Waals surface area contributed by atoms with Crippen molar-refractivity contribution in [1.29, 1.82) is 0 Å². The van der Waals surface area contributed by atoms with Crippen LogP contribution in [0.4, 0.5) is 0 Å². The van der Waals surface area contributed by atoms with Crippen LogP contribution in [0.15, 0.2) is 90.5 Å². The third kappa shape index (κ3) is 3.77. The highest BCUT2D eigenvalue weighted by Gasteiger charge is 2.33. The molecule has 2 N–H and O–H groups in total. The maximum Gasteiger partial charge on any atom is 0.193 e. The molecule has 0 aromatic heterocycles. The van der Waals surface area contributed by atoms with E-state index >= 15 is 0 Å². The molecule has 3 aromatic carbocycles. The van der Waals surface area contributed by atoms with Crippen LogP contribution in [0.25, 0.3) is 5.70 Å². The van der Waals surface area contributed by atoms with Crippen molar-refractivity contribution >= 4 is 28.8 Å². The van der Waals surface area contributed by atoms with Crippen molar-refractivity contribution in [3.05, 3.63) is 107 Å². The number of ether oxygens (including phenoxy) is 1. The first-order valence-corrected chi connectivity index (χ1v) is 9.69.